The molecule has 8 heteroatoms. The highest BCUT2D eigenvalue weighted by Crippen LogP contribution is 2.39. The van der Waals surface area contributed by atoms with Crippen molar-refractivity contribution in [2.24, 2.45) is 0 Å². The quantitative estimate of drug-likeness (QED) is 0.490. The first-order valence-electron chi connectivity index (χ1n) is 8.65. The van der Waals surface area contributed by atoms with E-state index in [4.69, 9.17) is 14.3 Å². The minimum Gasteiger partial charge on any atom is -0.493 e. The summed E-state index contributed by atoms with van der Waals surface area (Å²) in [4.78, 5) is 30.9. The summed E-state index contributed by atoms with van der Waals surface area (Å²) < 4.78 is 11.7. The second kappa shape index (κ2) is 9.68. The Morgan fingerprint density at radius 3 is 2.52 bits per heavy atom. The fraction of sp³-hybridized carbons (Fsp3) is 0.474. The third kappa shape index (κ3) is 5.41. The first-order chi connectivity index (χ1) is 12.9. The predicted molar refractivity (Wildman–Crippen MR) is 106 cm³/mol. The van der Waals surface area contributed by atoms with Crippen LogP contribution in [0.3, 0.4) is 0 Å². The van der Waals surface area contributed by atoms with Gasteiger partial charge in [-0.05, 0) is 32.5 Å². The Hall–Kier alpha value is -2.16. The number of nitrogens with zero attached hydrogens (tertiary/aromatic N) is 1. The normalized spacial score (nSPS) is 11.2. The van der Waals surface area contributed by atoms with E-state index < -0.39 is 0 Å². The van der Waals surface area contributed by atoms with E-state index in [1.165, 1.54) is 11.3 Å². The third-order valence-corrected chi connectivity index (χ3v) is 5.09. The van der Waals surface area contributed by atoms with Crippen LogP contribution >= 0.6 is 11.3 Å². The number of ether oxygens (including phenoxy) is 2. The molecular weight excluding hydrogens is 368 g/mol. The number of hydrogen-bond acceptors (Lipinski definition) is 8. The van der Waals surface area contributed by atoms with Crippen molar-refractivity contribution < 1.29 is 23.9 Å². The molecule has 0 unspecified atom stereocenters. The van der Waals surface area contributed by atoms with Crippen LogP contribution in [0.5, 0.6) is 11.5 Å². The Kier molecular flexibility index (Phi) is 7.58. The Morgan fingerprint density at radius 2 is 1.93 bits per heavy atom. The van der Waals surface area contributed by atoms with Crippen LogP contribution in [0.4, 0.5) is 0 Å². The predicted octanol–water partition coefficient (Wildman–Crippen LogP) is 3.01. The average Bonchev–Trinajstić information content (AvgIpc) is 2.99. The Morgan fingerprint density at radius 1 is 1.26 bits per heavy atom. The summed E-state index contributed by atoms with van der Waals surface area (Å²) in [5.41, 5.74) is 3.56. The lowest BCUT2D eigenvalue weighted by atomic mass is 10.1. The molecule has 0 spiro atoms. The van der Waals surface area contributed by atoms with Gasteiger partial charge in [0, 0.05) is 35.3 Å². The van der Waals surface area contributed by atoms with Crippen molar-refractivity contribution in [3.8, 4) is 11.5 Å². The molecule has 148 valence electrons. The van der Waals surface area contributed by atoms with E-state index in [1.54, 1.807) is 14.2 Å². The van der Waals surface area contributed by atoms with Gasteiger partial charge in [0.1, 0.15) is 0 Å². The van der Waals surface area contributed by atoms with Crippen LogP contribution in [0.1, 0.15) is 35.5 Å². The van der Waals surface area contributed by atoms with Gasteiger partial charge in [0.25, 0.3) is 0 Å². The van der Waals surface area contributed by atoms with Gasteiger partial charge in [-0.3, -0.25) is 9.59 Å². The van der Waals surface area contributed by atoms with Crippen LogP contribution in [-0.4, -0.2) is 51.0 Å². The van der Waals surface area contributed by atoms with Gasteiger partial charge in [0.15, 0.2) is 17.8 Å². The zero-order valence-electron chi connectivity index (χ0n) is 16.3. The number of hydrogen-bond donors (Lipinski definition) is 1. The Labute approximate surface area is 163 Å². The zero-order chi connectivity index (χ0) is 20.0. The fourth-order valence-electron chi connectivity index (χ4n) is 2.62. The second-order valence-electron chi connectivity index (χ2n) is 6.50. The molecule has 0 atom stereocenters. The number of carbonyl (C=O) groups is 2. The molecule has 0 bridgehead atoms. The highest BCUT2D eigenvalue weighted by Gasteiger charge is 2.17. The van der Waals surface area contributed by atoms with Gasteiger partial charge in [-0.15, -0.1) is 11.3 Å². The van der Waals surface area contributed by atoms with Gasteiger partial charge in [-0.1, -0.05) is 0 Å². The second-order valence-corrected chi connectivity index (χ2v) is 7.58. The van der Waals surface area contributed by atoms with Gasteiger partial charge in [-0.25, -0.2) is 0 Å². The highest BCUT2D eigenvalue weighted by molar-refractivity contribution is 7.20. The lowest BCUT2D eigenvalue weighted by molar-refractivity contribution is -0.152. The summed E-state index contributed by atoms with van der Waals surface area (Å²) in [6, 6.07) is 3.84. The van der Waals surface area contributed by atoms with Gasteiger partial charge in [0.05, 0.1) is 25.5 Å². The monoisotopic (exact) mass is 394 g/mol. The number of thiophene rings is 1. The maximum Gasteiger partial charge on any atom is 0.326 e. The van der Waals surface area contributed by atoms with E-state index in [0.29, 0.717) is 29.5 Å². The summed E-state index contributed by atoms with van der Waals surface area (Å²) in [6.07, 6.45) is 1.12. The molecule has 1 aromatic carbocycles. The molecule has 2 rings (SSSR count). The SMILES string of the molecule is COc1cc2sc(C=O)c(CN(C)CCC(=O)ONC(C)C)c2cc1OC. The number of nitrogens with one attached hydrogen (secondary N) is 1. The number of hydroxylamine groups is 1. The number of benzene rings is 1. The first kappa shape index (κ1) is 21.1. The molecular formula is C19H26N2O5S. The number of methoxy groups -OCH3 is 2. The molecule has 1 aromatic heterocycles. The minimum atomic E-state index is -0.312. The van der Waals surface area contributed by atoms with Crippen molar-refractivity contribution >= 4 is 33.7 Å². The van der Waals surface area contributed by atoms with E-state index >= 15 is 0 Å². The topological polar surface area (TPSA) is 77.1 Å². The summed E-state index contributed by atoms with van der Waals surface area (Å²) in [5.74, 6) is 0.934. The molecule has 2 aromatic rings. The largest absolute Gasteiger partial charge is 0.493 e. The molecule has 1 heterocycles. The molecule has 0 radical (unpaired) electrons. The average molecular weight is 394 g/mol. The lowest BCUT2D eigenvalue weighted by Crippen LogP contribution is -2.29. The van der Waals surface area contributed by atoms with Crippen LogP contribution in [0.25, 0.3) is 10.1 Å². The van der Waals surface area contributed by atoms with Crippen molar-refractivity contribution in [2.75, 3.05) is 27.8 Å². The van der Waals surface area contributed by atoms with Gasteiger partial charge in [-0.2, -0.15) is 5.48 Å². The summed E-state index contributed by atoms with van der Waals surface area (Å²) >= 11 is 1.42. The van der Waals surface area contributed by atoms with Crippen molar-refractivity contribution in [1.29, 1.82) is 0 Å². The first-order valence-corrected chi connectivity index (χ1v) is 9.47. The molecule has 0 fully saturated rings. The third-order valence-electron chi connectivity index (χ3n) is 3.97. The summed E-state index contributed by atoms with van der Waals surface area (Å²) in [7, 11) is 5.07. The van der Waals surface area contributed by atoms with Crippen LogP contribution in [0.15, 0.2) is 12.1 Å². The zero-order valence-corrected chi connectivity index (χ0v) is 17.1. The van der Waals surface area contributed by atoms with Gasteiger partial charge >= 0.3 is 5.97 Å². The molecule has 0 amide bonds. The standard InChI is InChI=1S/C19H26N2O5S/c1-12(2)20-26-19(23)6-7-21(3)10-14-13-8-15(24-4)16(25-5)9-17(13)27-18(14)11-22/h8-9,11-12,20H,6-7,10H2,1-5H3. The van der Waals surface area contributed by atoms with E-state index in [-0.39, 0.29) is 18.4 Å². The van der Waals surface area contributed by atoms with Crippen LogP contribution < -0.4 is 15.0 Å². The smallest absolute Gasteiger partial charge is 0.326 e. The number of fused-ring (bicyclic) bond motifs is 1. The fourth-order valence-corrected chi connectivity index (χ4v) is 3.66. The molecule has 0 saturated carbocycles. The minimum absolute atomic E-state index is 0.0750. The molecule has 0 aliphatic carbocycles. The molecule has 0 saturated heterocycles. The molecule has 1 N–H and O–H groups in total. The van der Waals surface area contributed by atoms with E-state index in [9.17, 15) is 9.59 Å². The number of carbonyl (C=O) groups excluding carboxylic acids is 2. The van der Waals surface area contributed by atoms with Gasteiger partial charge < -0.3 is 19.2 Å². The van der Waals surface area contributed by atoms with E-state index in [0.717, 1.165) is 21.9 Å². The molecule has 0 aliphatic heterocycles. The molecule has 0 aliphatic rings. The van der Waals surface area contributed by atoms with Crippen molar-refractivity contribution in [1.82, 2.24) is 10.4 Å². The number of aldehydes is 1. The van der Waals surface area contributed by atoms with Crippen LogP contribution in [-0.2, 0) is 16.2 Å². The van der Waals surface area contributed by atoms with Crippen molar-refractivity contribution in [2.45, 2.75) is 32.9 Å². The summed E-state index contributed by atoms with van der Waals surface area (Å²) in [6.45, 7) is 4.84. The Bertz CT molecular complexity index is 803. The number of rotatable bonds is 10. The maximum atomic E-state index is 11.7. The van der Waals surface area contributed by atoms with Crippen molar-refractivity contribution in [3.63, 3.8) is 0 Å². The summed E-state index contributed by atoms with van der Waals surface area (Å²) in [5, 5.41) is 0.954. The molecule has 7 nitrogen and oxygen atoms in total. The van der Waals surface area contributed by atoms with E-state index in [2.05, 4.69) is 5.48 Å². The highest BCUT2D eigenvalue weighted by atomic mass is 32.1. The van der Waals surface area contributed by atoms with Crippen LogP contribution in [0, 0.1) is 0 Å². The maximum absolute atomic E-state index is 11.7. The van der Waals surface area contributed by atoms with Crippen molar-refractivity contribution in [3.05, 3.63) is 22.6 Å². The molecule has 27 heavy (non-hydrogen) atoms. The van der Waals surface area contributed by atoms with Gasteiger partial charge in [0.2, 0.25) is 0 Å². The lowest BCUT2D eigenvalue weighted by Gasteiger charge is -2.17. The van der Waals surface area contributed by atoms with Crippen LogP contribution in [0.2, 0.25) is 0 Å². The Balaban J connectivity index is 2.14. The van der Waals surface area contributed by atoms with E-state index in [1.807, 2.05) is 37.9 Å².